The third-order valence-electron chi connectivity index (χ3n) is 4.61. The zero-order valence-corrected chi connectivity index (χ0v) is 15.4. The van der Waals surface area contributed by atoms with E-state index in [-0.39, 0.29) is 24.3 Å². The van der Waals surface area contributed by atoms with Crippen LogP contribution >= 0.6 is 0 Å². The summed E-state index contributed by atoms with van der Waals surface area (Å²) in [6, 6.07) is 16.5. The van der Waals surface area contributed by atoms with E-state index in [0.717, 1.165) is 24.9 Å². The third kappa shape index (κ3) is 4.97. The van der Waals surface area contributed by atoms with E-state index in [2.05, 4.69) is 11.4 Å². The van der Waals surface area contributed by atoms with Crippen LogP contribution in [-0.2, 0) is 9.59 Å². The number of methoxy groups -OCH3 is 1. The highest BCUT2D eigenvalue weighted by atomic mass is 16.5. The maximum absolute atomic E-state index is 13.1. The molecule has 1 N–H and O–H groups in total. The Morgan fingerprint density at radius 3 is 2.63 bits per heavy atom. The van der Waals surface area contributed by atoms with Crippen LogP contribution in [0.15, 0.2) is 66.7 Å². The minimum absolute atomic E-state index is 0.00802. The fraction of sp³-hybridized carbons (Fsp3) is 0.273. The van der Waals surface area contributed by atoms with Gasteiger partial charge in [0.05, 0.1) is 7.11 Å². The maximum Gasteiger partial charge on any atom is 0.244 e. The summed E-state index contributed by atoms with van der Waals surface area (Å²) < 4.78 is 5.18. The number of hydrogen-bond donors (Lipinski definition) is 1. The van der Waals surface area contributed by atoms with E-state index < -0.39 is 0 Å². The zero-order valence-electron chi connectivity index (χ0n) is 15.4. The summed E-state index contributed by atoms with van der Waals surface area (Å²) in [6.45, 7) is -0.0275. The van der Waals surface area contributed by atoms with Gasteiger partial charge in [-0.15, -0.1) is 0 Å². The van der Waals surface area contributed by atoms with Crippen molar-refractivity contribution in [2.24, 2.45) is 5.92 Å². The average Bonchev–Trinajstić information content (AvgIpc) is 2.73. The van der Waals surface area contributed by atoms with Crippen LogP contribution in [0.2, 0.25) is 0 Å². The van der Waals surface area contributed by atoms with Gasteiger partial charge in [0.25, 0.3) is 0 Å². The highest BCUT2D eigenvalue weighted by Crippen LogP contribution is 2.24. The van der Waals surface area contributed by atoms with Crippen molar-refractivity contribution >= 4 is 23.2 Å². The number of hydrogen-bond acceptors (Lipinski definition) is 3. The number of rotatable bonds is 6. The second-order valence-corrected chi connectivity index (χ2v) is 6.52. The standard InChI is InChI=1S/C22H24N2O3/c1-27-20-14-8-11-18(15-20)23-21(25)16-24(19-12-6-3-7-13-19)22(26)17-9-4-2-5-10-17/h2-4,6-8,11-15,17H,5,9-10,16H2,1H3,(H,23,25). The van der Waals surface area contributed by atoms with Gasteiger partial charge in [-0.25, -0.2) is 0 Å². The molecule has 140 valence electrons. The number of allylic oxidation sites excluding steroid dienone is 2. The molecule has 2 amide bonds. The van der Waals surface area contributed by atoms with Gasteiger partial charge in [0.1, 0.15) is 12.3 Å². The summed E-state index contributed by atoms with van der Waals surface area (Å²) in [7, 11) is 1.58. The fourth-order valence-electron chi connectivity index (χ4n) is 3.19. The van der Waals surface area contributed by atoms with Crippen LogP contribution in [0.3, 0.4) is 0 Å². The quantitative estimate of drug-likeness (QED) is 0.788. The minimum Gasteiger partial charge on any atom is -0.497 e. The number of carbonyl (C=O) groups is 2. The van der Waals surface area contributed by atoms with E-state index in [0.29, 0.717) is 11.4 Å². The van der Waals surface area contributed by atoms with Crippen LogP contribution in [0.4, 0.5) is 11.4 Å². The smallest absolute Gasteiger partial charge is 0.244 e. The van der Waals surface area contributed by atoms with Gasteiger partial charge in [0.15, 0.2) is 0 Å². The Morgan fingerprint density at radius 1 is 1.11 bits per heavy atom. The van der Waals surface area contributed by atoms with Crippen molar-refractivity contribution in [3.05, 3.63) is 66.7 Å². The molecule has 0 heterocycles. The first-order valence-corrected chi connectivity index (χ1v) is 9.12. The summed E-state index contributed by atoms with van der Waals surface area (Å²) in [5, 5.41) is 2.85. The van der Waals surface area contributed by atoms with Gasteiger partial charge >= 0.3 is 0 Å². The average molecular weight is 364 g/mol. The van der Waals surface area contributed by atoms with Gasteiger partial charge in [-0.2, -0.15) is 0 Å². The fourth-order valence-corrected chi connectivity index (χ4v) is 3.19. The number of ether oxygens (including phenoxy) is 1. The Hall–Kier alpha value is -3.08. The molecule has 1 aliphatic carbocycles. The molecule has 0 bridgehead atoms. The van der Waals surface area contributed by atoms with Crippen LogP contribution in [0.5, 0.6) is 5.75 Å². The van der Waals surface area contributed by atoms with Crippen molar-refractivity contribution in [2.75, 3.05) is 23.9 Å². The van der Waals surface area contributed by atoms with Crippen molar-refractivity contribution in [1.82, 2.24) is 0 Å². The van der Waals surface area contributed by atoms with E-state index in [9.17, 15) is 9.59 Å². The molecule has 5 nitrogen and oxygen atoms in total. The summed E-state index contributed by atoms with van der Waals surface area (Å²) in [5.41, 5.74) is 1.37. The van der Waals surface area contributed by atoms with Gasteiger partial charge in [-0.05, 0) is 43.5 Å². The molecule has 0 saturated heterocycles. The van der Waals surface area contributed by atoms with Gasteiger partial charge in [0, 0.05) is 23.4 Å². The minimum atomic E-state index is -0.244. The molecule has 1 unspecified atom stereocenters. The second kappa shape index (κ2) is 9.03. The largest absolute Gasteiger partial charge is 0.497 e. The van der Waals surface area contributed by atoms with E-state index in [1.807, 2.05) is 48.5 Å². The molecule has 0 aromatic heterocycles. The number of anilines is 2. The monoisotopic (exact) mass is 364 g/mol. The lowest BCUT2D eigenvalue weighted by atomic mass is 9.93. The number of nitrogens with one attached hydrogen (secondary N) is 1. The Kier molecular flexibility index (Phi) is 6.26. The van der Waals surface area contributed by atoms with E-state index >= 15 is 0 Å². The molecule has 0 saturated carbocycles. The van der Waals surface area contributed by atoms with Gasteiger partial charge in [-0.3, -0.25) is 9.59 Å². The molecule has 0 aliphatic heterocycles. The highest BCUT2D eigenvalue weighted by molar-refractivity contribution is 6.03. The van der Waals surface area contributed by atoms with Gasteiger partial charge in [-0.1, -0.05) is 36.4 Å². The molecule has 0 fully saturated rings. The first kappa shape index (κ1) is 18.7. The second-order valence-electron chi connectivity index (χ2n) is 6.52. The molecule has 1 atom stereocenters. The lowest BCUT2D eigenvalue weighted by Crippen LogP contribution is -2.41. The number of amides is 2. The summed E-state index contributed by atoms with van der Waals surface area (Å²) in [6.07, 6.45) is 6.59. The Morgan fingerprint density at radius 2 is 1.93 bits per heavy atom. The number of benzene rings is 2. The Labute approximate surface area is 159 Å². The Balaban J connectivity index is 1.75. The number of carbonyl (C=O) groups excluding carboxylic acids is 2. The summed E-state index contributed by atoms with van der Waals surface area (Å²) >= 11 is 0. The molecule has 27 heavy (non-hydrogen) atoms. The van der Waals surface area contributed by atoms with Crippen LogP contribution in [0, 0.1) is 5.92 Å². The van der Waals surface area contributed by atoms with Gasteiger partial charge in [0.2, 0.25) is 11.8 Å². The van der Waals surface area contributed by atoms with Crippen molar-refractivity contribution in [3.63, 3.8) is 0 Å². The number of nitrogens with zero attached hydrogens (tertiary/aromatic N) is 1. The van der Waals surface area contributed by atoms with E-state index in [1.54, 1.807) is 24.1 Å². The maximum atomic E-state index is 13.1. The molecule has 5 heteroatoms. The van der Waals surface area contributed by atoms with Crippen LogP contribution < -0.4 is 15.0 Å². The predicted octanol–water partition coefficient (Wildman–Crippen LogP) is 4.02. The van der Waals surface area contributed by atoms with Crippen LogP contribution in [0.1, 0.15) is 19.3 Å². The third-order valence-corrected chi connectivity index (χ3v) is 4.61. The number of para-hydroxylation sites is 1. The topological polar surface area (TPSA) is 58.6 Å². The van der Waals surface area contributed by atoms with Crippen molar-refractivity contribution < 1.29 is 14.3 Å². The molecule has 1 aliphatic rings. The summed E-state index contributed by atoms with van der Waals surface area (Å²) in [5.74, 6) is 0.329. The molecular formula is C22H24N2O3. The molecule has 3 rings (SSSR count). The van der Waals surface area contributed by atoms with Gasteiger partial charge < -0.3 is 15.0 Å². The van der Waals surface area contributed by atoms with Crippen molar-refractivity contribution in [2.45, 2.75) is 19.3 Å². The SMILES string of the molecule is COc1cccc(NC(=O)CN(C(=O)C2CC=CCC2)c2ccccc2)c1. The lowest BCUT2D eigenvalue weighted by Gasteiger charge is -2.27. The molecular weight excluding hydrogens is 340 g/mol. The highest BCUT2D eigenvalue weighted by Gasteiger charge is 2.27. The summed E-state index contributed by atoms with van der Waals surface area (Å²) in [4.78, 5) is 27.3. The zero-order chi connectivity index (χ0) is 19.1. The van der Waals surface area contributed by atoms with Crippen LogP contribution in [0.25, 0.3) is 0 Å². The van der Waals surface area contributed by atoms with Crippen molar-refractivity contribution in [1.29, 1.82) is 0 Å². The van der Waals surface area contributed by atoms with E-state index in [1.165, 1.54) is 0 Å². The molecule has 0 spiro atoms. The van der Waals surface area contributed by atoms with E-state index in [4.69, 9.17) is 4.74 Å². The van der Waals surface area contributed by atoms with Crippen molar-refractivity contribution in [3.8, 4) is 5.75 Å². The molecule has 0 radical (unpaired) electrons. The lowest BCUT2D eigenvalue weighted by molar-refractivity contribution is -0.124. The predicted molar refractivity (Wildman–Crippen MR) is 107 cm³/mol. The Bertz CT molecular complexity index is 817. The van der Waals surface area contributed by atoms with Crippen LogP contribution in [-0.4, -0.2) is 25.5 Å². The first-order valence-electron chi connectivity index (χ1n) is 9.12. The molecule has 2 aromatic rings. The normalized spacial score (nSPS) is 15.8. The first-order chi connectivity index (χ1) is 13.2. The molecule has 2 aromatic carbocycles.